The van der Waals surface area contributed by atoms with Crippen LogP contribution in [0.2, 0.25) is 10.0 Å². The molecular weight excluding hydrogens is 327 g/mol. The van der Waals surface area contributed by atoms with Crippen LogP contribution in [0.3, 0.4) is 0 Å². The van der Waals surface area contributed by atoms with Gasteiger partial charge in [-0.25, -0.2) is 4.98 Å². The summed E-state index contributed by atoms with van der Waals surface area (Å²) in [5.74, 6) is 0. The fourth-order valence-corrected chi connectivity index (χ4v) is 2.62. The number of nitriles is 1. The number of benzene rings is 1. The molecular formula is C14H6Cl2N4O2. The highest BCUT2D eigenvalue weighted by molar-refractivity contribution is 6.36. The van der Waals surface area contributed by atoms with Gasteiger partial charge in [0.05, 0.1) is 16.1 Å². The smallest absolute Gasteiger partial charge is 0.284 e. The topological polar surface area (TPSA) is 84.2 Å². The van der Waals surface area contributed by atoms with Crippen molar-refractivity contribution in [1.29, 1.82) is 5.26 Å². The zero-order valence-corrected chi connectivity index (χ0v) is 12.3. The van der Waals surface area contributed by atoms with Crippen molar-refractivity contribution >= 4 is 34.5 Å². The number of nitro groups is 1. The number of hydrogen-bond acceptors (Lipinski definition) is 4. The van der Waals surface area contributed by atoms with Crippen LogP contribution in [0.25, 0.3) is 16.9 Å². The second kappa shape index (κ2) is 5.30. The Hall–Kier alpha value is -2.62. The van der Waals surface area contributed by atoms with E-state index in [1.807, 2.05) is 6.07 Å². The second-order valence-electron chi connectivity index (χ2n) is 4.42. The van der Waals surface area contributed by atoms with Crippen molar-refractivity contribution in [2.75, 3.05) is 0 Å². The molecule has 6 nitrogen and oxygen atoms in total. The number of rotatable bonds is 2. The third-order valence-corrected chi connectivity index (χ3v) is 3.65. The van der Waals surface area contributed by atoms with Gasteiger partial charge >= 0.3 is 0 Å². The quantitative estimate of drug-likeness (QED) is 0.522. The number of fused-ring (bicyclic) bond motifs is 1. The fraction of sp³-hybridized carbons (Fsp3) is 0. The molecule has 0 aliphatic heterocycles. The first-order chi connectivity index (χ1) is 10.5. The van der Waals surface area contributed by atoms with E-state index in [-0.39, 0.29) is 11.4 Å². The van der Waals surface area contributed by atoms with Crippen LogP contribution in [0.5, 0.6) is 0 Å². The van der Waals surface area contributed by atoms with Gasteiger partial charge in [-0.1, -0.05) is 23.2 Å². The van der Waals surface area contributed by atoms with Gasteiger partial charge < -0.3 is 0 Å². The van der Waals surface area contributed by atoms with E-state index in [0.29, 0.717) is 26.9 Å². The van der Waals surface area contributed by atoms with Gasteiger partial charge in [-0.3, -0.25) is 14.5 Å². The lowest BCUT2D eigenvalue weighted by atomic mass is 10.1. The van der Waals surface area contributed by atoms with Crippen LogP contribution in [0.1, 0.15) is 5.69 Å². The van der Waals surface area contributed by atoms with Crippen LogP contribution in [0, 0.1) is 21.4 Å². The van der Waals surface area contributed by atoms with Crippen molar-refractivity contribution in [3.63, 3.8) is 0 Å². The molecule has 1 aromatic carbocycles. The maximum atomic E-state index is 10.9. The normalized spacial score (nSPS) is 10.6. The molecule has 22 heavy (non-hydrogen) atoms. The third-order valence-electron chi connectivity index (χ3n) is 3.11. The summed E-state index contributed by atoms with van der Waals surface area (Å²) < 4.78 is 1.37. The Morgan fingerprint density at radius 3 is 2.68 bits per heavy atom. The lowest BCUT2D eigenvalue weighted by Gasteiger charge is -2.01. The predicted octanol–water partition coefficient (Wildman–Crippen LogP) is 4.09. The Balaban J connectivity index is 2.31. The molecule has 0 spiro atoms. The standard InChI is InChI=1S/C14H6Cl2N4O2/c15-8-1-3-10(11(16)5-8)14-12(6-17)19-7-9(20(21)22)2-4-13(19)18-14/h1-5,7H. The maximum absolute atomic E-state index is 10.9. The molecule has 0 amide bonds. The summed E-state index contributed by atoms with van der Waals surface area (Å²) in [5, 5.41) is 21.1. The average molecular weight is 333 g/mol. The number of pyridine rings is 1. The molecule has 0 fully saturated rings. The molecule has 0 bridgehead atoms. The van der Waals surface area contributed by atoms with Gasteiger partial charge in [0.15, 0.2) is 5.69 Å². The average Bonchev–Trinajstić information content (AvgIpc) is 2.84. The third kappa shape index (κ3) is 2.26. The summed E-state index contributed by atoms with van der Waals surface area (Å²) >= 11 is 12.0. The van der Waals surface area contributed by atoms with E-state index < -0.39 is 4.92 Å². The number of imidazole rings is 1. The van der Waals surface area contributed by atoms with Crippen molar-refractivity contribution in [3.8, 4) is 17.3 Å². The van der Waals surface area contributed by atoms with E-state index in [0.717, 1.165) is 0 Å². The van der Waals surface area contributed by atoms with Crippen LogP contribution in [-0.4, -0.2) is 14.3 Å². The molecule has 3 rings (SSSR count). The van der Waals surface area contributed by atoms with E-state index in [1.54, 1.807) is 18.2 Å². The monoisotopic (exact) mass is 332 g/mol. The number of nitrogens with zero attached hydrogens (tertiary/aromatic N) is 4. The highest BCUT2D eigenvalue weighted by Gasteiger charge is 2.18. The minimum absolute atomic E-state index is 0.129. The molecule has 0 saturated heterocycles. The molecule has 0 radical (unpaired) electrons. The minimum atomic E-state index is -0.532. The van der Waals surface area contributed by atoms with Crippen LogP contribution in [0.15, 0.2) is 36.5 Å². The second-order valence-corrected chi connectivity index (χ2v) is 5.26. The molecule has 0 unspecified atom stereocenters. The van der Waals surface area contributed by atoms with Gasteiger partial charge in [0.2, 0.25) is 0 Å². The maximum Gasteiger partial charge on any atom is 0.286 e. The van der Waals surface area contributed by atoms with E-state index in [4.69, 9.17) is 23.2 Å². The molecule has 3 aromatic rings. The van der Waals surface area contributed by atoms with E-state index >= 15 is 0 Å². The van der Waals surface area contributed by atoms with E-state index in [9.17, 15) is 15.4 Å². The Labute approximate surface area is 134 Å². The van der Waals surface area contributed by atoms with Crippen molar-refractivity contribution < 1.29 is 4.92 Å². The van der Waals surface area contributed by atoms with Gasteiger partial charge in [0.25, 0.3) is 5.69 Å². The summed E-state index contributed by atoms with van der Waals surface area (Å²) in [6.07, 6.45) is 1.26. The highest BCUT2D eigenvalue weighted by Crippen LogP contribution is 2.32. The molecule has 0 aliphatic rings. The number of hydrogen-bond donors (Lipinski definition) is 0. The fourth-order valence-electron chi connectivity index (χ4n) is 2.12. The van der Waals surface area contributed by atoms with Crippen molar-refractivity contribution in [1.82, 2.24) is 9.38 Å². The van der Waals surface area contributed by atoms with E-state index in [2.05, 4.69) is 4.98 Å². The summed E-state index contributed by atoms with van der Waals surface area (Å²) in [6.45, 7) is 0. The summed E-state index contributed by atoms with van der Waals surface area (Å²) in [7, 11) is 0. The molecule has 0 aliphatic carbocycles. The Morgan fingerprint density at radius 1 is 1.27 bits per heavy atom. The summed E-state index contributed by atoms with van der Waals surface area (Å²) in [4.78, 5) is 14.7. The van der Waals surface area contributed by atoms with Crippen LogP contribution in [-0.2, 0) is 0 Å². The molecule has 2 aromatic heterocycles. The van der Waals surface area contributed by atoms with Gasteiger partial charge in [-0.2, -0.15) is 5.26 Å². The first-order valence-electron chi connectivity index (χ1n) is 6.03. The Morgan fingerprint density at radius 2 is 2.05 bits per heavy atom. The molecule has 2 heterocycles. The van der Waals surface area contributed by atoms with Crippen molar-refractivity contribution in [2.45, 2.75) is 0 Å². The molecule has 8 heteroatoms. The Kier molecular flexibility index (Phi) is 3.45. The first-order valence-corrected chi connectivity index (χ1v) is 6.79. The molecule has 0 atom stereocenters. The first kappa shape index (κ1) is 14.3. The number of halogens is 2. The zero-order valence-electron chi connectivity index (χ0n) is 10.8. The lowest BCUT2D eigenvalue weighted by molar-refractivity contribution is -0.385. The summed E-state index contributed by atoms with van der Waals surface area (Å²) in [5.41, 5.74) is 1.35. The van der Waals surface area contributed by atoms with Gasteiger partial charge in [-0.05, 0) is 24.3 Å². The zero-order chi connectivity index (χ0) is 15.9. The highest BCUT2D eigenvalue weighted by atomic mass is 35.5. The van der Waals surface area contributed by atoms with Crippen molar-refractivity contribution in [3.05, 3.63) is 62.4 Å². The SMILES string of the molecule is N#Cc1c(-c2ccc(Cl)cc2Cl)nc2ccc([N+](=O)[O-])cn12. The molecule has 0 saturated carbocycles. The number of aromatic nitrogens is 2. The minimum Gasteiger partial charge on any atom is -0.284 e. The Bertz CT molecular complexity index is 959. The van der Waals surface area contributed by atoms with Crippen LogP contribution >= 0.6 is 23.2 Å². The van der Waals surface area contributed by atoms with Crippen molar-refractivity contribution in [2.24, 2.45) is 0 Å². The lowest BCUT2D eigenvalue weighted by Crippen LogP contribution is -1.94. The van der Waals surface area contributed by atoms with Crippen LogP contribution < -0.4 is 0 Å². The molecule has 108 valence electrons. The summed E-state index contributed by atoms with van der Waals surface area (Å²) in [6, 6.07) is 9.66. The van der Waals surface area contributed by atoms with Gasteiger partial charge in [0.1, 0.15) is 17.4 Å². The van der Waals surface area contributed by atoms with E-state index in [1.165, 1.54) is 22.7 Å². The molecule has 0 N–H and O–H groups in total. The van der Waals surface area contributed by atoms with Gasteiger partial charge in [0, 0.05) is 16.7 Å². The predicted molar refractivity (Wildman–Crippen MR) is 82.0 cm³/mol. The van der Waals surface area contributed by atoms with Gasteiger partial charge in [-0.15, -0.1) is 0 Å². The largest absolute Gasteiger partial charge is 0.286 e. The van der Waals surface area contributed by atoms with Crippen LogP contribution in [0.4, 0.5) is 5.69 Å².